The lowest BCUT2D eigenvalue weighted by Gasteiger charge is -2.34. The lowest BCUT2D eigenvalue weighted by atomic mass is 9.67. The number of rotatable bonds is 7. The summed E-state index contributed by atoms with van der Waals surface area (Å²) >= 11 is 1.86. The predicted molar refractivity (Wildman–Crippen MR) is 259 cm³/mol. The Hall–Kier alpha value is -7.72. The Morgan fingerprint density at radius 2 is 0.871 bits per heavy atom. The Kier molecular flexibility index (Phi) is 8.62. The topological polar surface area (TPSA) is 25.8 Å². The fraction of sp³-hybridized carbons (Fsp3) is 0.0169. The fourth-order valence-corrected chi connectivity index (χ4v) is 11.2. The Morgan fingerprint density at radius 3 is 1.66 bits per heavy atom. The van der Waals surface area contributed by atoms with Gasteiger partial charge in [-0.25, -0.2) is 9.97 Å². The lowest BCUT2D eigenvalue weighted by molar-refractivity contribution is 0.768. The van der Waals surface area contributed by atoms with Gasteiger partial charge in [-0.05, 0) is 73.8 Å². The van der Waals surface area contributed by atoms with Crippen LogP contribution >= 0.6 is 11.3 Å². The molecule has 0 atom stereocenters. The number of hydrogen-bond donors (Lipinski definition) is 0. The summed E-state index contributed by atoms with van der Waals surface area (Å²) in [5.41, 5.74) is 16.6. The number of nitrogens with zero attached hydrogens (tertiary/aromatic N) is 2. The van der Waals surface area contributed by atoms with E-state index in [4.69, 9.17) is 9.97 Å². The molecule has 0 bridgehead atoms. The second-order valence-electron chi connectivity index (χ2n) is 16.0. The van der Waals surface area contributed by atoms with Crippen molar-refractivity contribution in [1.82, 2.24) is 9.97 Å². The SMILES string of the molecule is c1ccc(-c2nc(-c3cccc(-c4cccc5c4sc4ccccc45)c3)cc(-c3ccccc3-c3cccc4c3-c3ccccc3C4(c3ccccc3)c3ccccc3)n2)cc1. The van der Waals surface area contributed by atoms with Gasteiger partial charge < -0.3 is 0 Å². The van der Waals surface area contributed by atoms with E-state index in [1.807, 2.05) is 17.4 Å². The van der Waals surface area contributed by atoms with Crippen LogP contribution in [0.15, 0.2) is 231 Å². The molecule has 9 aromatic carbocycles. The van der Waals surface area contributed by atoms with Crippen LogP contribution in [0.4, 0.5) is 0 Å². The van der Waals surface area contributed by atoms with Gasteiger partial charge in [-0.2, -0.15) is 0 Å². The molecule has 2 aromatic heterocycles. The molecule has 1 aliphatic rings. The maximum atomic E-state index is 5.38. The van der Waals surface area contributed by atoms with Crippen LogP contribution in [0.2, 0.25) is 0 Å². The summed E-state index contributed by atoms with van der Waals surface area (Å²) in [6.07, 6.45) is 0. The van der Waals surface area contributed by atoms with E-state index in [2.05, 4.69) is 224 Å². The standard InChI is InChI=1S/C59H38N2S/c1-4-19-39(20-5-1)58-60-53(41-22-16-21-40(37-41)44-31-17-33-49-47-29-13-15-36-55(47)62-57(44)49)38-54(61-58)46-28-11-10-27-45(46)48-32-18-35-52-56(48)50-30-12-14-34-51(50)59(52,42-23-6-2-7-24-42)43-25-8-3-9-26-43/h1-38H. The van der Waals surface area contributed by atoms with Crippen LogP contribution in [-0.2, 0) is 5.41 Å². The first-order chi connectivity index (χ1) is 30.8. The maximum Gasteiger partial charge on any atom is 0.160 e. The van der Waals surface area contributed by atoms with Crippen molar-refractivity contribution < 1.29 is 0 Å². The summed E-state index contributed by atoms with van der Waals surface area (Å²) in [7, 11) is 0. The van der Waals surface area contributed by atoms with Crippen LogP contribution in [0.25, 0.3) is 87.5 Å². The molecule has 0 aliphatic heterocycles. The molecule has 0 spiro atoms. The molecule has 290 valence electrons. The van der Waals surface area contributed by atoms with E-state index in [0.717, 1.165) is 33.6 Å². The van der Waals surface area contributed by atoms with Gasteiger partial charge in [0.2, 0.25) is 0 Å². The summed E-state index contributed by atoms with van der Waals surface area (Å²) in [6, 6.07) is 83.4. The molecule has 0 saturated heterocycles. The zero-order valence-corrected chi connectivity index (χ0v) is 34.6. The number of hydrogen-bond acceptors (Lipinski definition) is 3. The number of benzene rings is 9. The maximum absolute atomic E-state index is 5.38. The molecule has 0 unspecified atom stereocenters. The van der Waals surface area contributed by atoms with Crippen molar-refractivity contribution >= 4 is 31.5 Å². The van der Waals surface area contributed by atoms with Crippen LogP contribution in [0.1, 0.15) is 22.3 Å². The highest BCUT2D eigenvalue weighted by Gasteiger charge is 2.46. The summed E-state index contributed by atoms with van der Waals surface area (Å²) in [4.78, 5) is 10.7. The molecule has 0 fully saturated rings. The number of fused-ring (bicyclic) bond motifs is 6. The second-order valence-corrected chi connectivity index (χ2v) is 17.0. The van der Waals surface area contributed by atoms with Crippen molar-refractivity contribution in [2.24, 2.45) is 0 Å². The van der Waals surface area contributed by atoms with Gasteiger partial charge in [-0.1, -0.05) is 212 Å². The highest BCUT2D eigenvalue weighted by molar-refractivity contribution is 7.26. The third-order valence-electron chi connectivity index (χ3n) is 12.6. The van der Waals surface area contributed by atoms with Gasteiger partial charge in [-0.15, -0.1) is 11.3 Å². The van der Waals surface area contributed by atoms with E-state index in [0.29, 0.717) is 5.82 Å². The summed E-state index contributed by atoms with van der Waals surface area (Å²) in [5.74, 6) is 0.695. The van der Waals surface area contributed by atoms with E-state index in [-0.39, 0.29) is 0 Å². The van der Waals surface area contributed by atoms with Gasteiger partial charge >= 0.3 is 0 Å². The molecule has 12 rings (SSSR count). The zero-order chi connectivity index (χ0) is 41.0. The Labute approximate surface area is 365 Å². The van der Waals surface area contributed by atoms with Gasteiger partial charge in [0.1, 0.15) is 0 Å². The molecule has 2 heterocycles. The first-order valence-corrected chi connectivity index (χ1v) is 22.0. The first kappa shape index (κ1) is 36.2. The molecule has 62 heavy (non-hydrogen) atoms. The van der Waals surface area contributed by atoms with Gasteiger partial charge in [0.15, 0.2) is 5.82 Å². The molecule has 3 heteroatoms. The summed E-state index contributed by atoms with van der Waals surface area (Å²) < 4.78 is 2.60. The van der Waals surface area contributed by atoms with Crippen molar-refractivity contribution in [3.63, 3.8) is 0 Å². The minimum Gasteiger partial charge on any atom is -0.228 e. The van der Waals surface area contributed by atoms with Gasteiger partial charge in [0, 0.05) is 36.9 Å². The molecular weight excluding hydrogens is 769 g/mol. The van der Waals surface area contributed by atoms with Gasteiger partial charge in [-0.3, -0.25) is 0 Å². The summed E-state index contributed by atoms with van der Waals surface area (Å²) in [5, 5.41) is 2.59. The molecular formula is C59H38N2S. The Balaban J connectivity index is 1.06. The largest absolute Gasteiger partial charge is 0.228 e. The van der Waals surface area contributed by atoms with E-state index in [9.17, 15) is 0 Å². The van der Waals surface area contributed by atoms with Gasteiger partial charge in [0.25, 0.3) is 0 Å². The molecule has 0 amide bonds. The van der Waals surface area contributed by atoms with Crippen molar-refractivity contribution in [2.45, 2.75) is 5.41 Å². The van der Waals surface area contributed by atoms with Crippen molar-refractivity contribution in [3.05, 3.63) is 253 Å². The van der Waals surface area contributed by atoms with E-state index >= 15 is 0 Å². The number of thiophene rings is 1. The normalized spacial score (nSPS) is 12.6. The molecule has 1 aliphatic carbocycles. The minimum absolute atomic E-state index is 0.493. The fourth-order valence-electron chi connectivity index (χ4n) is 9.93. The quantitative estimate of drug-likeness (QED) is 0.160. The smallest absolute Gasteiger partial charge is 0.160 e. The average molecular weight is 807 g/mol. The molecule has 0 N–H and O–H groups in total. The lowest BCUT2D eigenvalue weighted by Crippen LogP contribution is -2.28. The van der Waals surface area contributed by atoms with Crippen molar-refractivity contribution in [2.75, 3.05) is 0 Å². The predicted octanol–water partition coefficient (Wildman–Crippen LogP) is 15.5. The van der Waals surface area contributed by atoms with Crippen LogP contribution in [0, 0.1) is 0 Å². The number of aromatic nitrogens is 2. The highest BCUT2D eigenvalue weighted by atomic mass is 32.1. The van der Waals surface area contributed by atoms with Crippen LogP contribution in [0.5, 0.6) is 0 Å². The van der Waals surface area contributed by atoms with Crippen LogP contribution in [0.3, 0.4) is 0 Å². The monoisotopic (exact) mass is 806 g/mol. The Morgan fingerprint density at radius 1 is 0.339 bits per heavy atom. The van der Waals surface area contributed by atoms with Crippen molar-refractivity contribution in [1.29, 1.82) is 0 Å². The molecule has 11 aromatic rings. The highest BCUT2D eigenvalue weighted by Crippen LogP contribution is 2.58. The van der Waals surface area contributed by atoms with Crippen LogP contribution < -0.4 is 0 Å². The van der Waals surface area contributed by atoms with Crippen LogP contribution in [-0.4, -0.2) is 9.97 Å². The molecule has 0 radical (unpaired) electrons. The van der Waals surface area contributed by atoms with Gasteiger partial charge in [0.05, 0.1) is 16.8 Å². The van der Waals surface area contributed by atoms with Crippen molar-refractivity contribution in [3.8, 4) is 67.3 Å². The minimum atomic E-state index is -0.493. The second kappa shape index (κ2) is 14.8. The van der Waals surface area contributed by atoms with E-state index < -0.39 is 5.41 Å². The third kappa shape index (κ3) is 5.70. The Bertz CT molecular complexity index is 3420. The molecule has 2 nitrogen and oxygen atoms in total. The zero-order valence-electron chi connectivity index (χ0n) is 33.7. The van der Waals surface area contributed by atoms with E-state index in [1.54, 1.807) is 0 Å². The third-order valence-corrected chi connectivity index (χ3v) is 13.8. The van der Waals surface area contributed by atoms with E-state index in [1.165, 1.54) is 70.2 Å². The average Bonchev–Trinajstić information content (AvgIpc) is 3.89. The molecule has 0 saturated carbocycles. The summed E-state index contributed by atoms with van der Waals surface area (Å²) in [6.45, 7) is 0. The first-order valence-electron chi connectivity index (χ1n) is 21.2.